The predicted molar refractivity (Wildman–Crippen MR) is 83.4 cm³/mol. The van der Waals surface area contributed by atoms with Crippen LogP contribution < -0.4 is 4.74 Å². The van der Waals surface area contributed by atoms with E-state index in [9.17, 15) is 0 Å². The van der Waals surface area contributed by atoms with Gasteiger partial charge in [0.25, 0.3) is 0 Å². The molecule has 0 radical (unpaired) electrons. The molecule has 0 aliphatic rings. The van der Waals surface area contributed by atoms with Crippen molar-refractivity contribution in [2.45, 2.75) is 40.2 Å². The Hall–Kier alpha value is -1.81. The highest BCUT2D eigenvalue weighted by molar-refractivity contribution is 5.20. The summed E-state index contributed by atoms with van der Waals surface area (Å²) in [6.07, 6.45) is 1.95. The largest absolute Gasteiger partial charge is 0.494 e. The van der Waals surface area contributed by atoms with Crippen LogP contribution >= 0.6 is 0 Å². The van der Waals surface area contributed by atoms with E-state index < -0.39 is 0 Å². The average molecular weight is 291 g/mol. The van der Waals surface area contributed by atoms with E-state index in [0.29, 0.717) is 13.2 Å². The van der Waals surface area contributed by atoms with E-state index in [-0.39, 0.29) is 0 Å². The third-order valence-electron chi connectivity index (χ3n) is 2.62. The van der Waals surface area contributed by atoms with Gasteiger partial charge >= 0.3 is 0 Å². The van der Waals surface area contributed by atoms with Crippen molar-refractivity contribution in [1.82, 2.24) is 5.16 Å². The Bertz CT molecular complexity index is 468. The number of benzene rings is 1. The zero-order valence-electron chi connectivity index (χ0n) is 13.2. The van der Waals surface area contributed by atoms with Crippen LogP contribution in [-0.2, 0) is 11.3 Å². The maximum Gasteiger partial charge on any atom is 0.134 e. The molecule has 0 unspecified atom stereocenters. The van der Waals surface area contributed by atoms with Gasteiger partial charge < -0.3 is 14.0 Å². The molecular weight excluding hydrogens is 266 g/mol. The lowest BCUT2D eigenvalue weighted by molar-refractivity contribution is 0.109. The summed E-state index contributed by atoms with van der Waals surface area (Å²) in [6.45, 7) is 7.81. The molecule has 0 fully saturated rings. The van der Waals surface area contributed by atoms with Gasteiger partial charge in [0.2, 0.25) is 0 Å². The molecule has 4 heteroatoms. The van der Waals surface area contributed by atoms with Gasteiger partial charge in [0.1, 0.15) is 17.2 Å². The Labute approximate surface area is 127 Å². The SMILES string of the molecule is CC.Cc1cc(COCCCCOc2ccccc2)no1. The fourth-order valence-electron chi connectivity index (χ4n) is 1.68. The standard InChI is InChI=1S/C15H19NO3.C2H6/c1-13-11-14(16-19-13)12-17-9-5-6-10-18-15-7-3-2-4-8-15;1-2/h2-4,7-8,11H,5-6,9-10,12H2,1H3;1-2H3. The van der Waals surface area contributed by atoms with Gasteiger partial charge in [0, 0.05) is 12.7 Å². The summed E-state index contributed by atoms with van der Waals surface area (Å²) >= 11 is 0. The van der Waals surface area contributed by atoms with Crippen molar-refractivity contribution >= 4 is 0 Å². The summed E-state index contributed by atoms with van der Waals surface area (Å²) in [6, 6.07) is 11.7. The number of rotatable bonds is 8. The number of aromatic nitrogens is 1. The van der Waals surface area contributed by atoms with Gasteiger partial charge in [0.15, 0.2) is 0 Å². The van der Waals surface area contributed by atoms with Crippen molar-refractivity contribution in [3.8, 4) is 5.75 Å². The lowest BCUT2D eigenvalue weighted by Crippen LogP contribution is -2.01. The van der Waals surface area contributed by atoms with E-state index in [4.69, 9.17) is 14.0 Å². The first-order valence-corrected chi connectivity index (χ1v) is 7.52. The molecule has 1 aromatic heterocycles. The van der Waals surface area contributed by atoms with Crippen LogP contribution in [0.3, 0.4) is 0 Å². The molecule has 0 saturated heterocycles. The van der Waals surface area contributed by atoms with Gasteiger partial charge in [0.05, 0.1) is 13.2 Å². The van der Waals surface area contributed by atoms with Crippen molar-refractivity contribution in [3.63, 3.8) is 0 Å². The Morgan fingerprint density at radius 2 is 1.76 bits per heavy atom. The molecule has 0 N–H and O–H groups in total. The van der Waals surface area contributed by atoms with E-state index in [2.05, 4.69) is 5.16 Å². The molecule has 0 bridgehead atoms. The average Bonchev–Trinajstić information content (AvgIpc) is 2.95. The third kappa shape index (κ3) is 7.51. The molecule has 4 nitrogen and oxygen atoms in total. The molecule has 0 aliphatic heterocycles. The summed E-state index contributed by atoms with van der Waals surface area (Å²) in [5.41, 5.74) is 0.845. The van der Waals surface area contributed by atoms with Crippen LogP contribution in [0.4, 0.5) is 0 Å². The molecule has 1 heterocycles. The van der Waals surface area contributed by atoms with E-state index in [1.54, 1.807) is 0 Å². The monoisotopic (exact) mass is 291 g/mol. The van der Waals surface area contributed by atoms with Crippen molar-refractivity contribution in [1.29, 1.82) is 0 Å². The summed E-state index contributed by atoms with van der Waals surface area (Å²) in [7, 11) is 0. The lowest BCUT2D eigenvalue weighted by atomic mass is 10.3. The number of unbranched alkanes of at least 4 members (excludes halogenated alkanes) is 1. The molecular formula is C17H25NO3. The summed E-state index contributed by atoms with van der Waals surface area (Å²) < 4.78 is 16.1. The van der Waals surface area contributed by atoms with Gasteiger partial charge in [-0.25, -0.2) is 0 Å². The molecule has 0 atom stereocenters. The number of hydrogen-bond acceptors (Lipinski definition) is 4. The zero-order chi connectivity index (χ0) is 15.3. The maximum atomic E-state index is 5.59. The first-order chi connectivity index (χ1) is 10.3. The summed E-state index contributed by atoms with van der Waals surface area (Å²) in [4.78, 5) is 0. The van der Waals surface area contributed by atoms with Gasteiger partial charge in [-0.1, -0.05) is 37.2 Å². The zero-order valence-corrected chi connectivity index (χ0v) is 13.2. The second-order valence-corrected chi connectivity index (χ2v) is 4.35. The van der Waals surface area contributed by atoms with Crippen LogP contribution in [0, 0.1) is 6.92 Å². The highest BCUT2D eigenvalue weighted by atomic mass is 16.5. The van der Waals surface area contributed by atoms with Crippen molar-refractivity contribution < 1.29 is 14.0 Å². The van der Waals surface area contributed by atoms with Crippen LogP contribution in [0.15, 0.2) is 40.9 Å². The predicted octanol–water partition coefficient (Wildman–Crippen LogP) is 4.39. The second kappa shape index (κ2) is 10.9. The summed E-state index contributed by atoms with van der Waals surface area (Å²) in [5, 5.41) is 3.86. The van der Waals surface area contributed by atoms with Crippen LogP contribution in [0.5, 0.6) is 5.75 Å². The van der Waals surface area contributed by atoms with Gasteiger partial charge in [-0.15, -0.1) is 0 Å². The Morgan fingerprint density at radius 1 is 1.05 bits per heavy atom. The molecule has 0 saturated carbocycles. The Kier molecular flexibility index (Phi) is 8.96. The minimum atomic E-state index is 0.511. The first-order valence-electron chi connectivity index (χ1n) is 7.52. The van der Waals surface area contributed by atoms with Crippen molar-refractivity contribution in [3.05, 3.63) is 47.9 Å². The topological polar surface area (TPSA) is 44.5 Å². The van der Waals surface area contributed by atoms with Gasteiger partial charge in [-0.05, 0) is 31.9 Å². The van der Waals surface area contributed by atoms with E-state index in [1.165, 1.54) is 0 Å². The molecule has 1 aromatic carbocycles. The normalized spacial score (nSPS) is 9.86. The molecule has 0 spiro atoms. The fourth-order valence-corrected chi connectivity index (χ4v) is 1.68. The molecule has 2 aromatic rings. The second-order valence-electron chi connectivity index (χ2n) is 4.35. The third-order valence-corrected chi connectivity index (χ3v) is 2.62. The minimum absolute atomic E-state index is 0.511. The number of para-hydroxylation sites is 1. The van der Waals surface area contributed by atoms with Crippen LogP contribution in [-0.4, -0.2) is 18.4 Å². The van der Waals surface area contributed by atoms with Crippen LogP contribution in [0.2, 0.25) is 0 Å². The number of nitrogens with zero attached hydrogens (tertiary/aromatic N) is 1. The van der Waals surface area contributed by atoms with E-state index >= 15 is 0 Å². The maximum absolute atomic E-state index is 5.59. The smallest absolute Gasteiger partial charge is 0.134 e. The van der Waals surface area contributed by atoms with Crippen LogP contribution in [0.1, 0.15) is 38.1 Å². The molecule has 21 heavy (non-hydrogen) atoms. The fraction of sp³-hybridized carbons (Fsp3) is 0.471. The van der Waals surface area contributed by atoms with Crippen LogP contribution in [0.25, 0.3) is 0 Å². The van der Waals surface area contributed by atoms with E-state index in [0.717, 1.165) is 36.7 Å². The van der Waals surface area contributed by atoms with Crippen molar-refractivity contribution in [2.75, 3.05) is 13.2 Å². The Balaban J connectivity index is 0.00000106. The lowest BCUT2D eigenvalue weighted by Gasteiger charge is -2.05. The molecule has 0 aliphatic carbocycles. The molecule has 2 rings (SSSR count). The van der Waals surface area contributed by atoms with E-state index in [1.807, 2.05) is 57.2 Å². The highest BCUT2D eigenvalue weighted by Gasteiger charge is 1.99. The number of hydrogen-bond donors (Lipinski definition) is 0. The molecule has 0 amide bonds. The first kappa shape index (κ1) is 17.2. The quantitative estimate of drug-likeness (QED) is 0.677. The van der Waals surface area contributed by atoms with Crippen molar-refractivity contribution in [2.24, 2.45) is 0 Å². The number of ether oxygens (including phenoxy) is 2. The Morgan fingerprint density at radius 3 is 2.43 bits per heavy atom. The molecule has 116 valence electrons. The summed E-state index contributed by atoms with van der Waals surface area (Å²) in [5.74, 6) is 1.73. The highest BCUT2D eigenvalue weighted by Crippen LogP contribution is 2.09. The van der Waals surface area contributed by atoms with Gasteiger partial charge in [-0.3, -0.25) is 0 Å². The van der Waals surface area contributed by atoms with Gasteiger partial charge in [-0.2, -0.15) is 0 Å². The minimum Gasteiger partial charge on any atom is -0.494 e. The number of aryl methyl sites for hydroxylation is 1.